The highest BCUT2D eigenvalue weighted by Gasteiger charge is 2.38. The SMILES string of the molecule is CC.CC1(C)c2ccccc2-c2cc3c4ccccc4n(-c4nc(-c5c(O)c(O)c(O)c(O)c5O)nc(-n5c6ccccc6c6cc7c(cc65)C(C)(C)c5ccccc5-7)n4)c3cc21. The van der Waals surface area contributed by atoms with Gasteiger partial charge in [0, 0.05) is 32.4 Å². The van der Waals surface area contributed by atoms with Gasteiger partial charge in [-0.15, -0.1) is 0 Å². The van der Waals surface area contributed by atoms with Gasteiger partial charge in [-0.3, -0.25) is 9.13 Å². The summed E-state index contributed by atoms with van der Waals surface area (Å²) in [6.45, 7) is 12.9. The minimum Gasteiger partial charge on any atom is -0.504 e. The Bertz CT molecular complexity index is 3390. The molecule has 310 valence electrons. The van der Waals surface area contributed by atoms with Gasteiger partial charge in [0.15, 0.2) is 17.3 Å². The number of benzene rings is 7. The van der Waals surface area contributed by atoms with E-state index in [1.807, 2.05) is 59.4 Å². The van der Waals surface area contributed by atoms with Crippen molar-refractivity contribution in [3.05, 3.63) is 144 Å². The van der Waals surface area contributed by atoms with Gasteiger partial charge in [0.05, 0.1) is 22.1 Å². The van der Waals surface area contributed by atoms with Gasteiger partial charge >= 0.3 is 0 Å². The molecule has 10 heteroatoms. The molecule has 10 nitrogen and oxygen atoms in total. The van der Waals surface area contributed by atoms with Crippen LogP contribution in [0, 0.1) is 0 Å². The molecule has 0 atom stereocenters. The molecule has 7 aromatic carbocycles. The summed E-state index contributed by atoms with van der Waals surface area (Å²) in [7, 11) is 0. The van der Waals surface area contributed by atoms with Gasteiger partial charge in [0.25, 0.3) is 0 Å². The van der Waals surface area contributed by atoms with Gasteiger partial charge in [-0.05, 0) is 80.9 Å². The Morgan fingerprint density at radius 3 is 1.21 bits per heavy atom. The fourth-order valence-corrected chi connectivity index (χ4v) is 10.3. The predicted molar refractivity (Wildman–Crippen MR) is 249 cm³/mol. The molecule has 0 fully saturated rings. The molecule has 0 saturated heterocycles. The van der Waals surface area contributed by atoms with Gasteiger partial charge < -0.3 is 25.5 Å². The van der Waals surface area contributed by atoms with Crippen molar-refractivity contribution < 1.29 is 25.5 Å². The first-order valence-corrected chi connectivity index (χ1v) is 21.2. The standard InChI is InChI=1S/C51H37N5O5.C2H6/c1-50(2)33-17-9-5-13-25(33)29-21-31-27-15-7-11-19-37(27)55(39(31)23-35(29)50)48-52-47(41-42(57)44(59)46(61)45(60)43(41)58)53-49(54-48)56-38-20-12-8-16-28(38)32-22-30-26-14-6-10-18-34(26)51(3,4)36(30)24-40(32)56;1-2/h5-24,57-61H,1-4H3;1-2H3. The first-order chi connectivity index (χ1) is 30.4. The molecule has 5 N–H and O–H groups in total. The smallest absolute Gasteiger partial charge is 0.240 e. The van der Waals surface area contributed by atoms with E-state index in [1.54, 1.807) is 0 Å². The Balaban J connectivity index is 0.00000219. The molecule has 10 aromatic rings. The van der Waals surface area contributed by atoms with Crippen molar-refractivity contribution >= 4 is 43.6 Å². The second-order valence-corrected chi connectivity index (χ2v) is 17.3. The van der Waals surface area contributed by atoms with Crippen LogP contribution in [0.3, 0.4) is 0 Å². The van der Waals surface area contributed by atoms with Crippen LogP contribution in [0.4, 0.5) is 0 Å². The zero-order valence-corrected chi connectivity index (χ0v) is 35.5. The van der Waals surface area contributed by atoms with Gasteiger partial charge in [0.1, 0.15) is 5.56 Å². The van der Waals surface area contributed by atoms with E-state index in [9.17, 15) is 25.5 Å². The maximum Gasteiger partial charge on any atom is 0.240 e. The van der Waals surface area contributed by atoms with Crippen LogP contribution in [0.5, 0.6) is 28.7 Å². The first kappa shape index (κ1) is 38.1. The Morgan fingerprint density at radius 1 is 0.381 bits per heavy atom. The highest BCUT2D eigenvalue weighted by Crippen LogP contribution is 2.55. The molecule has 63 heavy (non-hydrogen) atoms. The quantitative estimate of drug-likeness (QED) is 0.0872. The normalized spacial score (nSPS) is 14.1. The van der Waals surface area contributed by atoms with E-state index in [0.29, 0.717) is 0 Å². The Kier molecular flexibility index (Phi) is 7.91. The maximum absolute atomic E-state index is 11.4. The van der Waals surface area contributed by atoms with Crippen LogP contribution in [0.25, 0.3) is 89.2 Å². The lowest BCUT2D eigenvalue weighted by Crippen LogP contribution is -2.15. The lowest BCUT2D eigenvalue weighted by Gasteiger charge is -2.22. The summed E-state index contributed by atoms with van der Waals surface area (Å²) in [5, 5.41) is 58.6. The van der Waals surface area contributed by atoms with Crippen LogP contribution in [0.2, 0.25) is 0 Å². The molecular formula is C53H43N5O5. The minimum absolute atomic E-state index is 0.158. The molecule has 0 radical (unpaired) electrons. The lowest BCUT2D eigenvalue weighted by molar-refractivity contribution is 0.329. The molecule has 0 saturated carbocycles. The van der Waals surface area contributed by atoms with Gasteiger partial charge in [-0.1, -0.05) is 126 Å². The number of hydrogen-bond acceptors (Lipinski definition) is 8. The molecule has 2 aliphatic carbocycles. The Hall–Kier alpha value is -7.85. The summed E-state index contributed by atoms with van der Waals surface area (Å²) in [4.78, 5) is 15.1. The summed E-state index contributed by atoms with van der Waals surface area (Å²) < 4.78 is 3.91. The molecule has 0 spiro atoms. The molecular weight excluding hydrogens is 787 g/mol. The Labute approximate surface area is 362 Å². The summed E-state index contributed by atoms with van der Waals surface area (Å²) in [5.74, 6) is -4.89. The van der Waals surface area contributed by atoms with E-state index < -0.39 is 34.3 Å². The molecule has 0 bridgehead atoms. The second-order valence-electron chi connectivity index (χ2n) is 17.3. The number of rotatable bonds is 3. The summed E-state index contributed by atoms with van der Waals surface area (Å²) in [6, 6.07) is 41.9. The van der Waals surface area contributed by atoms with Crippen LogP contribution in [-0.4, -0.2) is 49.6 Å². The third-order valence-electron chi connectivity index (χ3n) is 13.4. The number of para-hydroxylation sites is 2. The fraction of sp³-hybridized carbons (Fsp3) is 0.151. The lowest BCUT2D eigenvalue weighted by atomic mass is 9.82. The van der Waals surface area contributed by atoms with Crippen molar-refractivity contribution in [3.63, 3.8) is 0 Å². The second kappa shape index (κ2) is 13.1. The highest BCUT2D eigenvalue weighted by molar-refractivity contribution is 6.13. The van der Waals surface area contributed by atoms with Crippen LogP contribution in [0.15, 0.2) is 121 Å². The summed E-state index contributed by atoms with van der Waals surface area (Å²) >= 11 is 0. The number of phenolic OH excluding ortho intramolecular Hbond substituents is 5. The van der Waals surface area contributed by atoms with Crippen molar-refractivity contribution in [2.24, 2.45) is 0 Å². The zero-order valence-electron chi connectivity index (χ0n) is 35.5. The van der Waals surface area contributed by atoms with Gasteiger partial charge in [-0.2, -0.15) is 15.0 Å². The molecule has 0 amide bonds. The third kappa shape index (κ3) is 4.97. The third-order valence-corrected chi connectivity index (χ3v) is 13.4. The van der Waals surface area contributed by atoms with Gasteiger partial charge in [-0.25, -0.2) is 0 Å². The fourth-order valence-electron chi connectivity index (χ4n) is 10.3. The van der Waals surface area contributed by atoms with Crippen molar-refractivity contribution in [3.8, 4) is 74.3 Å². The largest absolute Gasteiger partial charge is 0.504 e. The summed E-state index contributed by atoms with van der Waals surface area (Å²) in [6.07, 6.45) is 0. The van der Waals surface area contributed by atoms with Crippen LogP contribution < -0.4 is 0 Å². The topological polar surface area (TPSA) is 150 Å². The van der Waals surface area contributed by atoms with E-state index in [2.05, 4.69) is 113 Å². The predicted octanol–water partition coefficient (Wildman–Crippen LogP) is 11.9. The van der Waals surface area contributed by atoms with Crippen molar-refractivity contribution in [1.29, 1.82) is 0 Å². The summed E-state index contributed by atoms with van der Waals surface area (Å²) in [5.41, 5.74) is 11.6. The Morgan fingerprint density at radius 2 is 0.762 bits per heavy atom. The number of phenols is 5. The van der Waals surface area contributed by atoms with Crippen LogP contribution in [-0.2, 0) is 10.8 Å². The van der Waals surface area contributed by atoms with Crippen LogP contribution in [0.1, 0.15) is 63.8 Å². The monoisotopic (exact) mass is 829 g/mol. The molecule has 2 aliphatic rings. The van der Waals surface area contributed by atoms with E-state index in [0.717, 1.165) is 65.9 Å². The van der Waals surface area contributed by atoms with Crippen molar-refractivity contribution in [2.75, 3.05) is 0 Å². The molecule has 3 aromatic heterocycles. The number of aromatic hydroxyl groups is 5. The van der Waals surface area contributed by atoms with Crippen molar-refractivity contribution in [1.82, 2.24) is 24.1 Å². The van der Waals surface area contributed by atoms with E-state index >= 15 is 0 Å². The average Bonchev–Trinajstić information content (AvgIpc) is 3.95. The highest BCUT2D eigenvalue weighted by atomic mass is 16.4. The molecule has 3 heterocycles. The number of fused-ring (bicyclic) bond motifs is 12. The van der Waals surface area contributed by atoms with Crippen LogP contribution >= 0.6 is 0 Å². The van der Waals surface area contributed by atoms with E-state index in [4.69, 9.17) is 15.0 Å². The number of hydrogen-bond donors (Lipinski definition) is 5. The number of aromatic nitrogens is 5. The molecule has 12 rings (SSSR count). The average molecular weight is 830 g/mol. The number of nitrogens with zero attached hydrogens (tertiary/aromatic N) is 5. The maximum atomic E-state index is 11.4. The first-order valence-electron chi connectivity index (χ1n) is 21.2. The zero-order chi connectivity index (χ0) is 43.9. The van der Waals surface area contributed by atoms with E-state index in [-0.39, 0.29) is 28.6 Å². The molecule has 0 unspecified atom stereocenters. The van der Waals surface area contributed by atoms with E-state index in [1.165, 1.54) is 22.3 Å². The molecule has 0 aliphatic heterocycles. The van der Waals surface area contributed by atoms with Gasteiger partial charge in [0.2, 0.25) is 29.1 Å². The van der Waals surface area contributed by atoms with Crippen molar-refractivity contribution in [2.45, 2.75) is 52.4 Å². The minimum atomic E-state index is -1.08.